The first-order valence-corrected chi connectivity index (χ1v) is 13.2. The fourth-order valence-electron chi connectivity index (χ4n) is 5.61. The molecule has 0 radical (unpaired) electrons. The van der Waals surface area contributed by atoms with Gasteiger partial charge in [0, 0.05) is 25.2 Å². The molecule has 210 valence electrons. The molecular weight excluding hydrogens is 500 g/mol. The van der Waals surface area contributed by atoms with Crippen LogP contribution in [0.2, 0.25) is 0 Å². The van der Waals surface area contributed by atoms with Gasteiger partial charge >= 0.3 is 17.9 Å². The van der Waals surface area contributed by atoms with Crippen molar-refractivity contribution in [2.75, 3.05) is 0 Å². The van der Waals surface area contributed by atoms with Crippen LogP contribution in [0.4, 0.5) is 0 Å². The zero-order valence-corrected chi connectivity index (χ0v) is 23.7. The van der Waals surface area contributed by atoms with Gasteiger partial charge in [-0.05, 0) is 50.8 Å². The Hall–Kier alpha value is -3.55. The number of carbonyl (C=O) groups is 5. The summed E-state index contributed by atoms with van der Waals surface area (Å²) in [5.74, 6) is -4.06. The van der Waals surface area contributed by atoms with Crippen LogP contribution in [0.3, 0.4) is 0 Å². The van der Waals surface area contributed by atoms with Crippen molar-refractivity contribution in [2.24, 2.45) is 23.2 Å². The smallest absolute Gasteiger partial charge is 0.338 e. The van der Waals surface area contributed by atoms with Gasteiger partial charge < -0.3 is 14.2 Å². The van der Waals surface area contributed by atoms with E-state index in [2.05, 4.69) is 0 Å². The van der Waals surface area contributed by atoms with E-state index in [1.54, 1.807) is 69.3 Å². The molecule has 0 bridgehead atoms. The van der Waals surface area contributed by atoms with E-state index in [-0.39, 0.29) is 35.9 Å². The second kappa shape index (κ2) is 11.7. The average Bonchev–Trinajstić information content (AvgIpc) is 3.10. The third-order valence-corrected chi connectivity index (χ3v) is 7.68. The summed E-state index contributed by atoms with van der Waals surface area (Å²) in [4.78, 5) is 64.3. The number of carbonyl (C=O) groups excluding carboxylic acids is 5. The summed E-state index contributed by atoms with van der Waals surface area (Å²) in [5, 5.41) is 0. The highest BCUT2D eigenvalue weighted by Gasteiger charge is 2.62. The van der Waals surface area contributed by atoms with E-state index in [4.69, 9.17) is 14.2 Å². The van der Waals surface area contributed by atoms with Gasteiger partial charge in [-0.25, -0.2) is 4.79 Å². The van der Waals surface area contributed by atoms with Gasteiger partial charge in [0.05, 0.1) is 17.9 Å². The third-order valence-electron chi connectivity index (χ3n) is 7.68. The van der Waals surface area contributed by atoms with Crippen molar-refractivity contribution in [3.63, 3.8) is 0 Å². The van der Waals surface area contributed by atoms with Crippen molar-refractivity contribution in [2.45, 2.75) is 79.1 Å². The van der Waals surface area contributed by atoms with E-state index < -0.39 is 53.0 Å². The number of ketones is 2. The summed E-state index contributed by atoms with van der Waals surface area (Å²) in [7, 11) is 0. The Labute approximate surface area is 229 Å². The van der Waals surface area contributed by atoms with Crippen LogP contribution < -0.4 is 0 Å². The molecule has 6 atom stereocenters. The van der Waals surface area contributed by atoms with Crippen molar-refractivity contribution in [3.05, 3.63) is 59.7 Å². The van der Waals surface area contributed by atoms with Crippen LogP contribution in [0, 0.1) is 23.2 Å². The summed E-state index contributed by atoms with van der Waals surface area (Å²) in [6, 6.07) is 8.50. The number of fused-ring (bicyclic) bond motifs is 1. The van der Waals surface area contributed by atoms with Crippen LogP contribution in [0.15, 0.2) is 54.1 Å². The molecule has 3 rings (SSSR count). The molecule has 2 aliphatic rings. The minimum Gasteiger partial charge on any atom is -0.458 e. The lowest BCUT2D eigenvalue weighted by Gasteiger charge is -2.42. The summed E-state index contributed by atoms with van der Waals surface area (Å²) in [6.45, 7) is 11.2. The summed E-state index contributed by atoms with van der Waals surface area (Å²) < 4.78 is 18.0. The van der Waals surface area contributed by atoms with Crippen molar-refractivity contribution >= 4 is 29.5 Å². The first kappa shape index (κ1) is 30.0. The molecule has 8 heteroatoms. The quantitative estimate of drug-likeness (QED) is 0.232. The van der Waals surface area contributed by atoms with Gasteiger partial charge in [-0.2, -0.15) is 0 Å². The van der Waals surface area contributed by atoms with Crippen LogP contribution in [0.25, 0.3) is 0 Å². The first-order chi connectivity index (χ1) is 18.2. The Morgan fingerprint density at radius 3 is 2.18 bits per heavy atom. The summed E-state index contributed by atoms with van der Waals surface area (Å²) in [5.41, 5.74) is -1.78. The second-order valence-corrected chi connectivity index (χ2v) is 11.3. The number of esters is 3. The molecule has 39 heavy (non-hydrogen) atoms. The van der Waals surface area contributed by atoms with Crippen molar-refractivity contribution in [3.8, 4) is 0 Å². The minimum absolute atomic E-state index is 0.209. The maximum atomic E-state index is 13.2. The lowest BCUT2D eigenvalue weighted by Crippen LogP contribution is -2.55. The Balaban J connectivity index is 2.24. The standard InChI is InChI=1S/C31H38O8/c1-18-13-14-30(6,7)26(35)16-25(34)19(2)15-24-27(38-29(36)23-11-9-8-10-12-23)20(3)17-31(24,39-22(5)33)28(18)37-21(4)32/h8-15,18,20,24,27-28H,16-17H2,1-7H3/b14-13+,19-15+/t18-,20+,24-,27-,28+,31+/m0/s1. The monoisotopic (exact) mass is 538 g/mol. The van der Waals surface area contributed by atoms with E-state index in [1.807, 2.05) is 13.8 Å². The number of benzene rings is 1. The van der Waals surface area contributed by atoms with E-state index in [0.29, 0.717) is 5.56 Å². The molecule has 0 spiro atoms. The molecule has 0 aliphatic heterocycles. The SMILES string of the molecule is CC(=O)O[C@@H]1[C@@H](C)/C=C/C(C)(C)C(=O)CC(=O)/C(C)=C/[C@H]2[C@@H](OC(=O)c3ccccc3)[C@H](C)C[C@]12OC(C)=O. The highest BCUT2D eigenvalue weighted by atomic mass is 16.6. The molecule has 2 aliphatic carbocycles. The van der Waals surface area contributed by atoms with Gasteiger partial charge in [0.15, 0.2) is 11.4 Å². The molecular formula is C31H38O8. The fraction of sp³-hybridized carbons (Fsp3) is 0.516. The van der Waals surface area contributed by atoms with Crippen molar-refractivity contribution in [1.82, 2.24) is 0 Å². The number of hydrogen-bond acceptors (Lipinski definition) is 8. The normalized spacial score (nSPS) is 32.9. The van der Waals surface area contributed by atoms with E-state index in [0.717, 1.165) is 0 Å². The Kier molecular flexibility index (Phi) is 8.98. The van der Waals surface area contributed by atoms with E-state index in [9.17, 15) is 24.0 Å². The number of allylic oxidation sites excluding steroid dienone is 2. The van der Waals surface area contributed by atoms with Crippen molar-refractivity contribution in [1.29, 1.82) is 0 Å². The second-order valence-electron chi connectivity index (χ2n) is 11.3. The number of rotatable bonds is 4. The van der Waals surface area contributed by atoms with Crippen LogP contribution in [0.5, 0.6) is 0 Å². The molecule has 0 aromatic heterocycles. The van der Waals surface area contributed by atoms with Crippen LogP contribution >= 0.6 is 0 Å². The first-order valence-electron chi connectivity index (χ1n) is 13.2. The predicted octanol–water partition coefficient (Wildman–Crippen LogP) is 4.81. The largest absolute Gasteiger partial charge is 0.458 e. The van der Waals surface area contributed by atoms with Gasteiger partial charge in [0.25, 0.3) is 0 Å². The molecule has 0 unspecified atom stereocenters. The van der Waals surface area contributed by atoms with Gasteiger partial charge in [-0.3, -0.25) is 19.2 Å². The number of Topliss-reactive ketones (excluding diaryl/α,β-unsaturated/α-hetero) is 2. The minimum atomic E-state index is -1.45. The Morgan fingerprint density at radius 1 is 0.949 bits per heavy atom. The molecule has 8 nitrogen and oxygen atoms in total. The maximum Gasteiger partial charge on any atom is 0.338 e. The van der Waals surface area contributed by atoms with Crippen LogP contribution in [0.1, 0.15) is 71.7 Å². The molecule has 0 heterocycles. The lowest BCUT2D eigenvalue weighted by atomic mass is 9.75. The summed E-state index contributed by atoms with van der Waals surface area (Å²) in [6.07, 6.45) is 3.17. The lowest BCUT2D eigenvalue weighted by molar-refractivity contribution is -0.195. The Bertz CT molecular complexity index is 1190. The molecule has 0 amide bonds. The van der Waals surface area contributed by atoms with Crippen LogP contribution in [-0.2, 0) is 33.4 Å². The van der Waals surface area contributed by atoms with Crippen LogP contribution in [-0.4, -0.2) is 47.3 Å². The van der Waals surface area contributed by atoms with Gasteiger partial charge in [0.2, 0.25) is 0 Å². The highest BCUT2D eigenvalue weighted by Crippen LogP contribution is 2.50. The Morgan fingerprint density at radius 2 is 1.59 bits per heavy atom. The molecule has 0 saturated heterocycles. The van der Waals surface area contributed by atoms with E-state index in [1.165, 1.54) is 13.8 Å². The maximum absolute atomic E-state index is 13.2. The predicted molar refractivity (Wildman–Crippen MR) is 143 cm³/mol. The number of hydrogen-bond donors (Lipinski definition) is 0. The van der Waals surface area contributed by atoms with Crippen molar-refractivity contribution < 1.29 is 38.2 Å². The molecule has 1 fully saturated rings. The molecule has 0 N–H and O–H groups in total. The third kappa shape index (κ3) is 6.54. The van der Waals surface area contributed by atoms with Gasteiger partial charge in [-0.15, -0.1) is 0 Å². The average molecular weight is 539 g/mol. The fourth-order valence-corrected chi connectivity index (χ4v) is 5.61. The summed E-state index contributed by atoms with van der Waals surface area (Å²) >= 11 is 0. The van der Waals surface area contributed by atoms with Gasteiger partial charge in [0.1, 0.15) is 18.0 Å². The molecule has 1 aromatic carbocycles. The zero-order chi connectivity index (χ0) is 29.1. The van der Waals surface area contributed by atoms with E-state index >= 15 is 0 Å². The molecule has 1 saturated carbocycles. The molecule has 1 aromatic rings. The highest BCUT2D eigenvalue weighted by molar-refractivity contribution is 6.09. The zero-order valence-electron chi connectivity index (χ0n) is 23.7. The number of ether oxygens (including phenoxy) is 3. The van der Waals surface area contributed by atoms with Gasteiger partial charge in [-0.1, -0.05) is 50.3 Å². The topological polar surface area (TPSA) is 113 Å².